The number of halogens is 2. The fourth-order valence-electron chi connectivity index (χ4n) is 8.76. The molecule has 254 valence electrons. The minimum Gasteiger partial charge on any atom is -0.472 e. The van der Waals surface area contributed by atoms with Crippen LogP contribution < -0.4 is 9.64 Å². The van der Waals surface area contributed by atoms with Crippen molar-refractivity contribution in [3.63, 3.8) is 0 Å². The lowest BCUT2D eigenvalue weighted by Crippen LogP contribution is -2.35. The van der Waals surface area contributed by atoms with Crippen LogP contribution in [0.3, 0.4) is 0 Å². The molecule has 0 spiro atoms. The first-order chi connectivity index (χ1) is 25.5. The molecule has 0 aromatic heterocycles. The van der Waals surface area contributed by atoms with Gasteiger partial charge in [0.1, 0.15) is 17.4 Å². The monoisotopic (exact) mass is 681 g/mol. The summed E-state index contributed by atoms with van der Waals surface area (Å²) in [7, 11) is 0. The van der Waals surface area contributed by atoms with Gasteiger partial charge in [0.15, 0.2) is 5.60 Å². The van der Waals surface area contributed by atoms with E-state index in [1.807, 2.05) is 66.7 Å². The van der Waals surface area contributed by atoms with Crippen molar-refractivity contribution in [3.8, 4) is 16.9 Å². The second kappa shape index (κ2) is 12.3. The average Bonchev–Trinajstić information content (AvgIpc) is 3.49. The van der Waals surface area contributed by atoms with Gasteiger partial charge in [-0.15, -0.1) is 0 Å². The molecule has 52 heavy (non-hydrogen) atoms. The maximum Gasteiger partial charge on any atom is 0.178 e. The van der Waals surface area contributed by atoms with E-state index in [2.05, 4.69) is 91.6 Å². The topological polar surface area (TPSA) is 12.5 Å². The molecule has 0 saturated carbocycles. The minimum absolute atomic E-state index is 0.251. The maximum atomic E-state index is 15.3. The zero-order valence-electron chi connectivity index (χ0n) is 29.1. The number of ether oxygens (including phenoxy) is 1. The van der Waals surface area contributed by atoms with Gasteiger partial charge in [0.25, 0.3) is 0 Å². The SMILES string of the molecule is CCC1(CC)c2cc(F)ccc2-c2c1c1c(c3cc(F)ccc23)OC(c2ccccc2)(c2ccc(N(c3ccccc3)c3ccccc3)cc2)C=C1. The lowest BCUT2D eigenvalue weighted by atomic mass is 9.71. The summed E-state index contributed by atoms with van der Waals surface area (Å²) >= 11 is 0. The van der Waals surface area contributed by atoms with E-state index in [9.17, 15) is 4.39 Å². The Kier molecular flexibility index (Phi) is 7.58. The Morgan fingerprint density at radius 1 is 0.577 bits per heavy atom. The summed E-state index contributed by atoms with van der Waals surface area (Å²) in [4.78, 5) is 2.24. The normalized spacial score (nSPS) is 16.5. The largest absolute Gasteiger partial charge is 0.472 e. The first-order valence-corrected chi connectivity index (χ1v) is 18.0. The summed E-state index contributed by atoms with van der Waals surface area (Å²) in [6.45, 7) is 4.35. The Bertz CT molecular complexity index is 2430. The number of anilines is 3. The molecule has 1 aliphatic carbocycles. The van der Waals surface area contributed by atoms with Crippen molar-refractivity contribution in [1.29, 1.82) is 0 Å². The number of hydrogen-bond acceptors (Lipinski definition) is 2. The highest BCUT2D eigenvalue weighted by atomic mass is 19.1. The highest BCUT2D eigenvalue weighted by Gasteiger charge is 2.47. The van der Waals surface area contributed by atoms with Crippen molar-refractivity contribution in [2.45, 2.75) is 37.7 Å². The molecule has 0 radical (unpaired) electrons. The van der Waals surface area contributed by atoms with Crippen LogP contribution in [0.4, 0.5) is 25.8 Å². The molecule has 1 atom stereocenters. The molecule has 0 amide bonds. The van der Waals surface area contributed by atoms with Crippen LogP contribution in [-0.2, 0) is 11.0 Å². The third-order valence-electron chi connectivity index (χ3n) is 11.2. The Labute approximate surface area is 303 Å². The molecule has 1 aliphatic heterocycles. The van der Waals surface area contributed by atoms with Crippen LogP contribution in [0.1, 0.15) is 54.5 Å². The van der Waals surface area contributed by atoms with Crippen LogP contribution in [0.25, 0.3) is 28.0 Å². The highest BCUT2D eigenvalue weighted by Crippen LogP contribution is 2.60. The summed E-state index contributed by atoms with van der Waals surface area (Å²) in [6, 6.07) is 49.5. The number of para-hydroxylation sites is 2. The van der Waals surface area contributed by atoms with Gasteiger partial charge in [0.05, 0.1) is 0 Å². The first-order valence-electron chi connectivity index (χ1n) is 18.0. The van der Waals surface area contributed by atoms with Crippen LogP contribution in [-0.4, -0.2) is 0 Å². The summed E-state index contributed by atoms with van der Waals surface area (Å²) in [5.41, 5.74) is 8.66. The summed E-state index contributed by atoms with van der Waals surface area (Å²) in [5.74, 6) is 0.0517. The molecule has 4 heteroatoms. The van der Waals surface area contributed by atoms with E-state index in [0.717, 1.165) is 74.2 Å². The summed E-state index contributed by atoms with van der Waals surface area (Å²) < 4.78 is 37.7. The Morgan fingerprint density at radius 2 is 1.13 bits per heavy atom. The lowest BCUT2D eigenvalue weighted by molar-refractivity contribution is 0.163. The molecule has 0 fully saturated rings. The first kappa shape index (κ1) is 31.9. The van der Waals surface area contributed by atoms with Gasteiger partial charge in [-0.3, -0.25) is 0 Å². The van der Waals surface area contributed by atoms with Crippen LogP contribution in [0, 0.1) is 11.6 Å². The third kappa shape index (κ3) is 4.74. The second-order valence-electron chi connectivity index (χ2n) is 13.8. The Balaban J connectivity index is 1.26. The molecule has 1 unspecified atom stereocenters. The summed E-state index contributed by atoms with van der Waals surface area (Å²) in [5, 5.41) is 1.60. The molecule has 7 aromatic carbocycles. The summed E-state index contributed by atoms with van der Waals surface area (Å²) in [6.07, 6.45) is 5.89. The van der Waals surface area contributed by atoms with Crippen LogP contribution in [0.15, 0.2) is 158 Å². The van der Waals surface area contributed by atoms with Crippen LogP contribution in [0.2, 0.25) is 0 Å². The van der Waals surface area contributed by atoms with Gasteiger partial charge in [0.2, 0.25) is 0 Å². The number of fused-ring (bicyclic) bond motifs is 8. The van der Waals surface area contributed by atoms with E-state index in [1.54, 1.807) is 12.1 Å². The molecule has 0 bridgehead atoms. The number of hydrogen-bond donors (Lipinski definition) is 0. The Morgan fingerprint density at radius 3 is 1.77 bits per heavy atom. The molecule has 1 heterocycles. The van der Waals surface area contributed by atoms with Crippen molar-refractivity contribution in [3.05, 3.63) is 197 Å². The fraction of sp³-hybridized carbons (Fsp3) is 0.125. The predicted octanol–water partition coefficient (Wildman–Crippen LogP) is 13.0. The fourth-order valence-corrected chi connectivity index (χ4v) is 8.76. The quantitative estimate of drug-likeness (QED) is 0.166. The molecule has 0 N–H and O–H groups in total. The average molecular weight is 682 g/mol. The van der Waals surface area contributed by atoms with E-state index in [-0.39, 0.29) is 11.6 Å². The Hall–Kier alpha value is -6.00. The van der Waals surface area contributed by atoms with E-state index in [1.165, 1.54) is 12.1 Å². The lowest BCUT2D eigenvalue weighted by Gasteiger charge is -2.39. The van der Waals surface area contributed by atoms with Gasteiger partial charge < -0.3 is 9.64 Å². The van der Waals surface area contributed by atoms with Gasteiger partial charge in [-0.1, -0.05) is 111 Å². The number of benzene rings is 7. The molecule has 2 nitrogen and oxygen atoms in total. The number of rotatable bonds is 7. The van der Waals surface area contributed by atoms with Crippen LogP contribution in [0.5, 0.6) is 5.75 Å². The van der Waals surface area contributed by atoms with Crippen molar-refractivity contribution in [1.82, 2.24) is 0 Å². The van der Waals surface area contributed by atoms with Gasteiger partial charge in [-0.25, -0.2) is 8.78 Å². The zero-order chi connectivity index (χ0) is 35.5. The molecule has 7 aromatic rings. The molecule has 2 aliphatic rings. The smallest absolute Gasteiger partial charge is 0.178 e. The molecule has 0 saturated heterocycles. The minimum atomic E-state index is -1.01. The maximum absolute atomic E-state index is 15.3. The van der Waals surface area contributed by atoms with Crippen molar-refractivity contribution in [2.75, 3.05) is 4.90 Å². The van der Waals surface area contributed by atoms with Crippen LogP contribution >= 0.6 is 0 Å². The van der Waals surface area contributed by atoms with Gasteiger partial charge in [0, 0.05) is 44.6 Å². The van der Waals surface area contributed by atoms with E-state index < -0.39 is 11.0 Å². The van der Waals surface area contributed by atoms with Crippen molar-refractivity contribution < 1.29 is 13.5 Å². The molecular weight excluding hydrogens is 645 g/mol. The molecular formula is C48H37F2NO. The van der Waals surface area contributed by atoms with E-state index in [0.29, 0.717) is 11.1 Å². The zero-order valence-corrected chi connectivity index (χ0v) is 29.1. The van der Waals surface area contributed by atoms with Crippen molar-refractivity contribution >= 4 is 33.9 Å². The van der Waals surface area contributed by atoms with E-state index >= 15 is 4.39 Å². The number of nitrogens with zero attached hydrogens (tertiary/aromatic N) is 1. The van der Waals surface area contributed by atoms with E-state index in [4.69, 9.17) is 4.74 Å². The standard InChI is InChI=1S/C48H37F2NO/c1-3-47(4-2)43-31-35(50)23-27-40(43)44-39-26-22-34(49)30-42(39)46-41(45(44)47)28-29-48(52-46,32-14-8-5-9-15-32)33-20-24-38(25-21-33)51(36-16-10-6-11-17-36)37-18-12-7-13-19-37/h5-31H,3-4H2,1-2H3. The van der Waals surface area contributed by atoms with Gasteiger partial charge in [-0.2, -0.15) is 0 Å². The highest BCUT2D eigenvalue weighted by molar-refractivity contribution is 6.08. The van der Waals surface area contributed by atoms with Gasteiger partial charge in [-0.05, 0) is 107 Å². The van der Waals surface area contributed by atoms with Crippen molar-refractivity contribution in [2.24, 2.45) is 0 Å². The third-order valence-corrected chi connectivity index (χ3v) is 11.2. The molecule has 9 rings (SSSR count). The predicted molar refractivity (Wildman–Crippen MR) is 209 cm³/mol. The van der Waals surface area contributed by atoms with Gasteiger partial charge >= 0.3 is 0 Å². The second-order valence-corrected chi connectivity index (χ2v) is 13.8.